The molecule has 1 fully saturated rings. The highest BCUT2D eigenvalue weighted by Crippen LogP contribution is 2.28. The molecule has 0 atom stereocenters. The van der Waals surface area contributed by atoms with Crippen LogP contribution < -0.4 is 10.6 Å². The Bertz CT molecular complexity index is 1100. The molecule has 1 heterocycles. The zero-order valence-corrected chi connectivity index (χ0v) is 18.5. The summed E-state index contributed by atoms with van der Waals surface area (Å²) in [5.41, 5.74) is 1.21. The van der Waals surface area contributed by atoms with E-state index in [1.807, 2.05) is 0 Å². The molecule has 1 aliphatic rings. The monoisotopic (exact) mass is 466 g/mol. The maximum atomic E-state index is 12.9. The van der Waals surface area contributed by atoms with E-state index in [0.717, 1.165) is 19.3 Å². The summed E-state index contributed by atoms with van der Waals surface area (Å²) in [4.78, 5) is 22.9. The van der Waals surface area contributed by atoms with Gasteiger partial charge in [-0.2, -0.15) is 4.31 Å². The van der Waals surface area contributed by atoms with E-state index in [0.29, 0.717) is 30.0 Å². The van der Waals surface area contributed by atoms with Crippen LogP contribution in [0.15, 0.2) is 41.3 Å². The number of piperidine rings is 1. The number of carbonyl (C=O) groups excluding carboxylic acids is 1. The lowest BCUT2D eigenvalue weighted by molar-refractivity contribution is -0.384. The number of hydrogen-bond acceptors (Lipinski definition) is 6. The molecule has 166 valence electrons. The largest absolute Gasteiger partial charge is 0.376 e. The van der Waals surface area contributed by atoms with Crippen LogP contribution in [0.4, 0.5) is 17.1 Å². The van der Waals surface area contributed by atoms with Gasteiger partial charge in [-0.1, -0.05) is 24.1 Å². The van der Waals surface area contributed by atoms with E-state index in [9.17, 15) is 23.3 Å². The van der Waals surface area contributed by atoms with Crippen molar-refractivity contribution >= 4 is 44.6 Å². The van der Waals surface area contributed by atoms with Crippen LogP contribution in [0.1, 0.15) is 24.8 Å². The van der Waals surface area contributed by atoms with E-state index in [4.69, 9.17) is 11.6 Å². The minimum Gasteiger partial charge on any atom is -0.376 e. The second-order valence-corrected chi connectivity index (χ2v) is 9.61. The van der Waals surface area contributed by atoms with E-state index in [-0.39, 0.29) is 22.2 Å². The molecule has 11 heteroatoms. The molecule has 2 aromatic carbocycles. The van der Waals surface area contributed by atoms with Crippen molar-refractivity contribution in [2.75, 3.05) is 30.3 Å². The minimum absolute atomic E-state index is 0.00218. The fourth-order valence-corrected chi connectivity index (χ4v) is 5.02. The number of amides is 1. The first kappa shape index (κ1) is 23.0. The summed E-state index contributed by atoms with van der Waals surface area (Å²) in [6.07, 6.45) is 2.69. The predicted octanol–water partition coefficient (Wildman–Crippen LogP) is 3.78. The molecule has 1 saturated heterocycles. The summed E-state index contributed by atoms with van der Waals surface area (Å²) < 4.78 is 27.3. The van der Waals surface area contributed by atoms with Crippen molar-refractivity contribution in [3.8, 4) is 0 Å². The Labute approximate surface area is 185 Å². The molecule has 31 heavy (non-hydrogen) atoms. The van der Waals surface area contributed by atoms with Crippen LogP contribution in [0.5, 0.6) is 0 Å². The van der Waals surface area contributed by atoms with Crippen LogP contribution in [0.3, 0.4) is 0 Å². The summed E-state index contributed by atoms with van der Waals surface area (Å²) in [5, 5.41) is 16.5. The number of nitro groups is 1. The van der Waals surface area contributed by atoms with Gasteiger partial charge in [0.05, 0.1) is 16.4 Å². The zero-order valence-electron chi connectivity index (χ0n) is 16.9. The molecule has 0 unspecified atom stereocenters. The molecule has 0 aliphatic carbocycles. The SMILES string of the molecule is Cc1ccc(S(=O)(=O)N2CCCCC2)cc1NC(=O)CNc1ccc(Cl)c([N+](=O)[O-])c1. The quantitative estimate of drug-likeness (QED) is 0.473. The third-order valence-electron chi connectivity index (χ3n) is 5.03. The number of nitrogens with zero attached hydrogens (tertiary/aromatic N) is 2. The average molecular weight is 467 g/mol. The van der Waals surface area contributed by atoms with Crippen molar-refractivity contribution in [2.24, 2.45) is 0 Å². The van der Waals surface area contributed by atoms with Crippen LogP contribution in [0.2, 0.25) is 5.02 Å². The maximum absolute atomic E-state index is 12.9. The summed E-state index contributed by atoms with van der Waals surface area (Å²) >= 11 is 5.79. The number of aryl methyl sites for hydroxylation is 1. The second-order valence-electron chi connectivity index (χ2n) is 7.27. The van der Waals surface area contributed by atoms with Crippen LogP contribution in [-0.4, -0.2) is 43.2 Å². The highest BCUT2D eigenvalue weighted by atomic mass is 35.5. The minimum atomic E-state index is -3.62. The number of nitro benzene ring substituents is 1. The third-order valence-corrected chi connectivity index (χ3v) is 7.25. The number of nitrogens with one attached hydrogen (secondary N) is 2. The van der Waals surface area contributed by atoms with Gasteiger partial charge in [0.1, 0.15) is 5.02 Å². The Kier molecular flexibility index (Phi) is 7.14. The number of sulfonamides is 1. The van der Waals surface area contributed by atoms with E-state index >= 15 is 0 Å². The highest BCUT2D eigenvalue weighted by Gasteiger charge is 2.26. The molecule has 2 aromatic rings. The van der Waals surface area contributed by atoms with Crippen LogP contribution in [0, 0.1) is 17.0 Å². The lowest BCUT2D eigenvalue weighted by Crippen LogP contribution is -2.35. The van der Waals surface area contributed by atoms with Gasteiger partial charge in [0.15, 0.2) is 0 Å². The molecule has 0 saturated carbocycles. The smallest absolute Gasteiger partial charge is 0.289 e. The summed E-state index contributed by atoms with van der Waals surface area (Å²) in [6.45, 7) is 2.59. The van der Waals surface area contributed by atoms with Gasteiger partial charge in [-0.25, -0.2) is 8.42 Å². The Balaban J connectivity index is 1.69. The fraction of sp³-hybridized carbons (Fsp3) is 0.350. The molecule has 2 N–H and O–H groups in total. The van der Waals surface area contributed by atoms with Crippen molar-refractivity contribution in [1.82, 2.24) is 4.31 Å². The van der Waals surface area contributed by atoms with E-state index in [1.54, 1.807) is 19.1 Å². The number of rotatable bonds is 7. The lowest BCUT2D eigenvalue weighted by Gasteiger charge is -2.26. The van der Waals surface area contributed by atoms with Crippen molar-refractivity contribution < 1.29 is 18.1 Å². The van der Waals surface area contributed by atoms with Gasteiger partial charge in [-0.3, -0.25) is 14.9 Å². The number of hydrogen-bond donors (Lipinski definition) is 2. The molecule has 0 spiro atoms. The summed E-state index contributed by atoms with van der Waals surface area (Å²) in [6, 6.07) is 8.80. The molecule has 1 aliphatic heterocycles. The average Bonchev–Trinajstić information content (AvgIpc) is 2.75. The van der Waals surface area contributed by atoms with E-state index < -0.39 is 20.9 Å². The van der Waals surface area contributed by atoms with Gasteiger partial charge < -0.3 is 10.6 Å². The first-order valence-electron chi connectivity index (χ1n) is 9.77. The number of benzene rings is 2. The van der Waals surface area contributed by atoms with Crippen molar-refractivity contribution in [2.45, 2.75) is 31.1 Å². The van der Waals surface area contributed by atoms with Crippen molar-refractivity contribution in [3.63, 3.8) is 0 Å². The van der Waals surface area contributed by atoms with Crippen LogP contribution in [0.25, 0.3) is 0 Å². The zero-order chi connectivity index (χ0) is 22.6. The lowest BCUT2D eigenvalue weighted by atomic mass is 10.2. The van der Waals surface area contributed by atoms with E-state index in [2.05, 4.69) is 10.6 Å². The van der Waals surface area contributed by atoms with Crippen LogP contribution >= 0.6 is 11.6 Å². The second kappa shape index (κ2) is 9.63. The van der Waals surface area contributed by atoms with Gasteiger partial charge in [-0.05, 0) is 49.6 Å². The normalized spacial score (nSPS) is 14.8. The maximum Gasteiger partial charge on any atom is 0.289 e. The van der Waals surface area contributed by atoms with Gasteiger partial charge >= 0.3 is 0 Å². The molecule has 0 radical (unpaired) electrons. The molecule has 9 nitrogen and oxygen atoms in total. The molecule has 0 bridgehead atoms. The van der Waals surface area contributed by atoms with E-state index in [1.165, 1.54) is 28.6 Å². The Morgan fingerprint density at radius 2 is 1.87 bits per heavy atom. The third kappa shape index (κ3) is 5.52. The Morgan fingerprint density at radius 1 is 1.16 bits per heavy atom. The molecular weight excluding hydrogens is 444 g/mol. The molecule has 0 aromatic heterocycles. The highest BCUT2D eigenvalue weighted by molar-refractivity contribution is 7.89. The van der Waals surface area contributed by atoms with Gasteiger partial charge in [0.2, 0.25) is 15.9 Å². The van der Waals surface area contributed by atoms with Crippen molar-refractivity contribution in [3.05, 3.63) is 57.1 Å². The number of anilines is 2. The number of halogens is 1. The molecule has 1 amide bonds. The standard InChI is InChI=1S/C20H23ClN4O5S/c1-14-5-7-16(31(29,30)24-9-3-2-4-10-24)12-18(14)23-20(26)13-22-15-6-8-17(21)19(11-15)25(27)28/h5-8,11-12,22H,2-4,9-10,13H2,1H3,(H,23,26). The van der Waals surface area contributed by atoms with Gasteiger partial charge in [0.25, 0.3) is 5.69 Å². The van der Waals surface area contributed by atoms with Gasteiger partial charge in [-0.15, -0.1) is 0 Å². The van der Waals surface area contributed by atoms with Gasteiger partial charge in [0, 0.05) is 30.5 Å². The topological polar surface area (TPSA) is 122 Å². The Hall–Kier alpha value is -2.69. The summed E-state index contributed by atoms with van der Waals surface area (Å²) in [5.74, 6) is -0.423. The summed E-state index contributed by atoms with van der Waals surface area (Å²) in [7, 11) is -3.62. The van der Waals surface area contributed by atoms with Crippen molar-refractivity contribution in [1.29, 1.82) is 0 Å². The first-order valence-corrected chi connectivity index (χ1v) is 11.6. The van der Waals surface area contributed by atoms with Crippen LogP contribution in [-0.2, 0) is 14.8 Å². The first-order chi connectivity index (χ1) is 14.7. The molecule has 3 rings (SSSR count). The number of carbonyl (C=O) groups is 1. The molecular formula is C20H23ClN4O5S. The Morgan fingerprint density at radius 3 is 2.55 bits per heavy atom. The fourth-order valence-electron chi connectivity index (χ4n) is 3.29. The predicted molar refractivity (Wildman–Crippen MR) is 119 cm³/mol.